The fourth-order valence-corrected chi connectivity index (χ4v) is 2.18. The van der Waals surface area contributed by atoms with E-state index in [-0.39, 0.29) is 11.3 Å². The van der Waals surface area contributed by atoms with Gasteiger partial charge in [-0.3, -0.25) is 4.79 Å². The highest BCUT2D eigenvalue weighted by molar-refractivity contribution is 6.33. The van der Waals surface area contributed by atoms with E-state index in [2.05, 4.69) is 19.2 Å². The fraction of sp³-hybridized carbons (Fsp3) is 0.533. The van der Waals surface area contributed by atoms with Gasteiger partial charge in [-0.25, -0.2) is 0 Å². The minimum Gasteiger partial charge on any atom is -0.330 e. The maximum Gasteiger partial charge on any atom is 0.224 e. The van der Waals surface area contributed by atoms with E-state index in [1.807, 2.05) is 25.1 Å². The predicted molar refractivity (Wildman–Crippen MR) is 81.5 cm³/mol. The highest BCUT2D eigenvalue weighted by Gasteiger charge is 2.18. The SMILES string of the molecule is Cc1ccc(NC(=O)CCC(C)(C)CCN)c(Cl)c1. The van der Waals surface area contributed by atoms with Crippen LogP contribution in [-0.2, 0) is 4.79 Å². The molecular weight excluding hydrogens is 260 g/mol. The van der Waals surface area contributed by atoms with Crippen LogP contribution in [0.5, 0.6) is 0 Å². The van der Waals surface area contributed by atoms with E-state index in [1.54, 1.807) is 0 Å². The molecule has 0 aromatic heterocycles. The average molecular weight is 283 g/mol. The third-order valence-electron chi connectivity index (χ3n) is 3.25. The summed E-state index contributed by atoms with van der Waals surface area (Å²) >= 11 is 6.08. The van der Waals surface area contributed by atoms with Crippen LogP contribution >= 0.6 is 11.6 Å². The summed E-state index contributed by atoms with van der Waals surface area (Å²) in [7, 11) is 0. The Balaban J connectivity index is 2.52. The summed E-state index contributed by atoms with van der Waals surface area (Å²) in [5, 5.41) is 3.43. The molecule has 1 amide bonds. The summed E-state index contributed by atoms with van der Waals surface area (Å²) < 4.78 is 0. The number of carbonyl (C=O) groups is 1. The molecule has 0 aliphatic carbocycles. The van der Waals surface area contributed by atoms with Crippen molar-refractivity contribution in [3.05, 3.63) is 28.8 Å². The largest absolute Gasteiger partial charge is 0.330 e. The van der Waals surface area contributed by atoms with Crippen LogP contribution in [-0.4, -0.2) is 12.5 Å². The first kappa shape index (κ1) is 16.0. The summed E-state index contributed by atoms with van der Waals surface area (Å²) in [6.45, 7) is 6.88. The van der Waals surface area contributed by atoms with E-state index in [0.717, 1.165) is 18.4 Å². The van der Waals surface area contributed by atoms with Gasteiger partial charge in [0.1, 0.15) is 0 Å². The number of halogens is 1. The lowest BCUT2D eigenvalue weighted by Crippen LogP contribution is -2.20. The van der Waals surface area contributed by atoms with E-state index in [9.17, 15) is 4.79 Å². The molecule has 0 saturated heterocycles. The van der Waals surface area contributed by atoms with Gasteiger partial charge in [0.2, 0.25) is 5.91 Å². The zero-order valence-corrected chi connectivity index (χ0v) is 12.7. The van der Waals surface area contributed by atoms with Gasteiger partial charge in [-0.15, -0.1) is 0 Å². The Bertz CT molecular complexity index is 444. The van der Waals surface area contributed by atoms with Crippen LogP contribution < -0.4 is 11.1 Å². The molecule has 0 saturated carbocycles. The van der Waals surface area contributed by atoms with E-state index in [4.69, 9.17) is 17.3 Å². The molecule has 0 aliphatic heterocycles. The Labute approximate surface area is 120 Å². The molecule has 1 aromatic rings. The van der Waals surface area contributed by atoms with Gasteiger partial charge in [0, 0.05) is 6.42 Å². The van der Waals surface area contributed by atoms with Crippen molar-refractivity contribution in [3.8, 4) is 0 Å². The van der Waals surface area contributed by atoms with Gasteiger partial charge in [-0.1, -0.05) is 31.5 Å². The summed E-state index contributed by atoms with van der Waals surface area (Å²) in [4.78, 5) is 11.9. The summed E-state index contributed by atoms with van der Waals surface area (Å²) in [5.74, 6) is -0.00384. The number of amides is 1. The Morgan fingerprint density at radius 1 is 1.37 bits per heavy atom. The average Bonchev–Trinajstić information content (AvgIpc) is 2.30. The van der Waals surface area contributed by atoms with E-state index < -0.39 is 0 Å². The molecule has 1 aromatic carbocycles. The van der Waals surface area contributed by atoms with Crippen LogP contribution in [0.1, 0.15) is 38.7 Å². The molecule has 0 aliphatic rings. The lowest BCUT2D eigenvalue weighted by molar-refractivity contribution is -0.116. The van der Waals surface area contributed by atoms with Gasteiger partial charge < -0.3 is 11.1 Å². The van der Waals surface area contributed by atoms with Gasteiger partial charge in [-0.2, -0.15) is 0 Å². The number of nitrogens with one attached hydrogen (secondary N) is 1. The van der Waals surface area contributed by atoms with Crippen LogP contribution in [0.3, 0.4) is 0 Å². The quantitative estimate of drug-likeness (QED) is 0.835. The maximum absolute atomic E-state index is 11.9. The number of carbonyl (C=O) groups excluding carboxylic acids is 1. The van der Waals surface area contributed by atoms with Gasteiger partial charge in [0.25, 0.3) is 0 Å². The number of hydrogen-bond acceptors (Lipinski definition) is 2. The van der Waals surface area contributed by atoms with Crippen molar-refractivity contribution in [2.24, 2.45) is 11.1 Å². The lowest BCUT2D eigenvalue weighted by Gasteiger charge is -2.23. The first-order valence-electron chi connectivity index (χ1n) is 6.60. The van der Waals surface area contributed by atoms with Crippen LogP contribution in [0, 0.1) is 12.3 Å². The van der Waals surface area contributed by atoms with E-state index in [1.165, 1.54) is 0 Å². The van der Waals surface area contributed by atoms with Gasteiger partial charge in [0.05, 0.1) is 10.7 Å². The van der Waals surface area contributed by atoms with Crippen molar-refractivity contribution >= 4 is 23.2 Å². The van der Waals surface area contributed by atoms with Crippen LogP contribution in [0.25, 0.3) is 0 Å². The fourth-order valence-electron chi connectivity index (χ4n) is 1.90. The molecule has 1 rings (SSSR count). The molecule has 0 heterocycles. The lowest BCUT2D eigenvalue weighted by atomic mass is 9.84. The van der Waals surface area contributed by atoms with E-state index >= 15 is 0 Å². The van der Waals surface area contributed by atoms with Crippen molar-refractivity contribution < 1.29 is 4.79 Å². The molecule has 106 valence electrons. The molecule has 0 radical (unpaired) electrons. The molecule has 19 heavy (non-hydrogen) atoms. The normalized spacial score (nSPS) is 11.4. The first-order valence-corrected chi connectivity index (χ1v) is 6.98. The minimum atomic E-state index is -0.00384. The highest BCUT2D eigenvalue weighted by Crippen LogP contribution is 2.27. The molecule has 3 nitrogen and oxygen atoms in total. The highest BCUT2D eigenvalue weighted by atomic mass is 35.5. The zero-order valence-electron chi connectivity index (χ0n) is 11.9. The van der Waals surface area contributed by atoms with Crippen LogP contribution in [0.15, 0.2) is 18.2 Å². The minimum absolute atomic E-state index is 0.00384. The smallest absolute Gasteiger partial charge is 0.224 e. The van der Waals surface area contributed by atoms with Crippen molar-refractivity contribution in [2.75, 3.05) is 11.9 Å². The molecule has 0 unspecified atom stereocenters. The second kappa shape index (κ2) is 6.92. The van der Waals surface area contributed by atoms with Crippen molar-refractivity contribution in [1.29, 1.82) is 0 Å². The Morgan fingerprint density at radius 3 is 2.63 bits per heavy atom. The zero-order chi connectivity index (χ0) is 14.5. The van der Waals surface area contributed by atoms with Crippen molar-refractivity contribution in [3.63, 3.8) is 0 Å². The molecule has 0 spiro atoms. The number of rotatable bonds is 6. The maximum atomic E-state index is 11.9. The standard InChI is InChI=1S/C15H23ClN2O/c1-11-4-5-13(12(16)10-11)18-14(19)6-7-15(2,3)8-9-17/h4-5,10H,6-9,17H2,1-3H3,(H,18,19). The number of hydrogen-bond donors (Lipinski definition) is 2. The second-order valence-corrected chi connectivity index (χ2v) is 6.14. The molecule has 0 bridgehead atoms. The van der Waals surface area contributed by atoms with E-state index in [0.29, 0.717) is 23.7 Å². The third-order valence-corrected chi connectivity index (χ3v) is 3.56. The number of anilines is 1. The van der Waals surface area contributed by atoms with Crippen molar-refractivity contribution in [1.82, 2.24) is 0 Å². The Hall–Kier alpha value is -1.06. The Kier molecular flexibility index (Phi) is 5.83. The Morgan fingerprint density at radius 2 is 2.05 bits per heavy atom. The van der Waals surface area contributed by atoms with Gasteiger partial charge in [-0.05, 0) is 49.4 Å². The third kappa shape index (κ3) is 5.62. The number of benzene rings is 1. The molecule has 0 atom stereocenters. The van der Waals surface area contributed by atoms with Gasteiger partial charge in [0.15, 0.2) is 0 Å². The predicted octanol–water partition coefficient (Wildman–Crippen LogP) is 3.74. The van der Waals surface area contributed by atoms with Crippen LogP contribution in [0.4, 0.5) is 5.69 Å². The molecule has 4 heteroatoms. The monoisotopic (exact) mass is 282 g/mol. The number of nitrogens with two attached hydrogens (primary N) is 1. The van der Waals surface area contributed by atoms with Gasteiger partial charge >= 0.3 is 0 Å². The summed E-state index contributed by atoms with van der Waals surface area (Å²) in [6.07, 6.45) is 2.22. The first-order chi connectivity index (χ1) is 8.84. The van der Waals surface area contributed by atoms with Crippen molar-refractivity contribution in [2.45, 2.75) is 40.0 Å². The number of aryl methyl sites for hydroxylation is 1. The second-order valence-electron chi connectivity index (χ2n) is 5.73. The summed E-state index contributed by atoms with van der Waals surface area (Å²) in [6, 6.07) is 5.61. The molecular formula is C15H23ClN2O. The van der Waals surface area contributed by atoms with Crippen LogP contribution in [0.2, 0.25) is 5.02 Å². The molecule has 3 N–H and O–H groups in total. The molecule has 0 fully saturated rings. The topological polar surface area (TPSA) is 55.1 Å². The summed E-state index contributed by atoms with van der Waals surface area (Å²) in [5.41, 5.74) is 7.41.